The first kappa shape index (κ1) is 14.3. The van der Waals surface area contributed by atoms with Gasteiger partial charge in [0.25, 0.3) is 0 Å². The fraction of sp³-hybridized carbons (Fsp3) is 0.214. The third-order valence-electron chi connectivity index (χ3n) is 2.57. The van der Waals surface area contributed by atoms with Crippen LogP contribution in [-0.2, 0) is 6.54 Å². The Morgan fingerprint density at radius 2 is 2.16 bits per heavy atom. The molecule has 1 heterocycles. The number of hydrogen-bond acceptors (Lipinski definition) is 3. The van der Waals surface area contributed by atoms with E-state index in [9.17, 15) is 0 Å². The SMILES string of the molecule is CNCc1cnc(Oc2ccc(Br)cc2Cl)c(C)c1. The van der Waals surface area contributed by atoms with Gasteiger partial charge >= 0.3 is 0 Å². The van der Waals surface area contributed by atoms with Crippen molar-refractivity contribution in [1.82, 2.24) is 10.3 Å². The van der Waals surface area contributed by atoms with Crippen molar-refractivity contribution in [3.63, 3.8) is 0 Å². The second kappa shape index (κ2) is 6.37. The van der Waals surface area contributed by atoms with E-state index in [1.165, 1.54) is 0 Å². The summed E-state index contributed by atoms with van der Waals surface area (Å²) in [5, 5.41) is 3.64. The van der Waals surface area contributed by atoms with Crippen LogP contribution in [0.4, 0.5) is 0 Å². The maximum Gasteiger partial charge on any atom is 0.222 e. The quantitative estimate of drug-likeness (QED) is 0.899. The van der Waals surface area contributed by atoms with Crippen LogP contribution in [0.5, 0.6) is 11.6 Å². The van der Waals surface area contributed by atoms with Gasteiger partial charge in [0.2, 0.25) is 5.88 Å². The summed E-state index contributed by atoms with van der Waals surface area (Å²) in [6.07, 6.45) is 1.80. The summed E-state index contributed by atoms with van der Waals surface area (Å²) in [6, 6.07) is 7.54. The molecule has 0 bridgehead atoms. The molecule has 0 aliphatic heterocycles. The lowest BCUT2D eigenvalue weighted by Crippen LogP contribution is -2.06. The maximum atomic E-state index is 6.12. The van der Waals surface area contributed by atoms with Gasteiger partial charge in [-0.05, 0) is 43.8 Å². The van der Waals surface area contributed by atoms with Crippen molar-refractivity contribution in [1.29, 1.82) is 0 Å². The van der Waals surface area contributed by atoms with Gasteiger partial charge in [-0.15, -0.1) is 0 Å². The van der Waals surface area contributed by atoms with Gasteiger partial charge in [0.05, 0.1) is 5.02 Å². The summed E-state index contributed by atoms with van der Waals surface area (Å²) in [5.41, 5.74) is 2.10. The Labute approximate surface area is 126 Å². The Kier molecular flexibility index (Phi) is 4.80. The molecular weight excluding hydrogens is 328 g/mol. The summed E-state index contributed by atoms with van der Waals surface area (Å²) >= 11 is 9.48. The zero-order chi connectivity index (χ0) is 13.8. The molecule has 0 aliphatic rings. The number of aromatic nitrogens is 1. The molecule has 0 aliphatic carbocycles. The average Bonchev–Trinajstić information content (AvgIpc) is 2.36. The monoisotopic (exact) mass is 340 g/mol. The Bertz CT molecular complexity index is 590. The lowest BCUT2D eigenvalue weighted by Gasteiger charge is -2.10. The molecule has 0 fully saturated rings. The highest BCUT2D eigenvalue weighted by molar-refractivity contribution is 9.10. The second-order valence-electron chi connectivity index (χ2n) is 4.17. The van der Waals surface area contributed by atoms with Gasteiger partial charge in [-0.2, -0.15) is 0 Å². The van der Waals surface area contributed by atoms with Crippen molar-refractivity contribution in [2.75, 3.05) is 7.05 Å². The molecule has 1 aromatic carbocycles. The fourth-order valence-corrected chi connectivity index (χ4v) is 2.40. The smallest absolute Gasteiger partial charge is 0.222 e. The highest BCUT2D eigenvalue weighted by Gasteiger charge is 2.08. The van der Waals surface area contributed by atoms with Crippen molar-refractivity contribution in [2.45, 2.75) is 13.5 Å². The molecule has 100 valence electrons. The number of halogens is 2. The van der Waals surface area contributed by atoms with Gasteiger partial charge in [-0.3, -0.25) is 0 Å². The third kappa shape index (κ3) is 3.69. The van der Waals surface area contributed by atoms with Gasteiger partial charge < -0.3 is 10.1 Å². The van der Waals surface area contributed by atoms with E-state index in [2.05, 4.69) is 26.2 Å². The Morgan fingerprint density at radius 3 is 2.79 bits per heavy atom. The van der Waals surface area contributed by atoms with Crippen LogP contribution >= 0.6 is 27.5 Å². The molecule has 1 aromatic heterocycles. The number of pyridine rings is 1. The molecule has 0 unspecified atom stereocenters. The Morgan fingerprint density at radius 1 is 1.37 bits per heavy atom. The number of benzene rings is 1. The van der Waals surface area contributed by atoms with Crippen LogP contribution in [0.15, 0.2) is 34.9 Å². The van der Waals surface area contributed by atoms with E-state index < -0.39 is 0 Å². The highest BCUT2D eigenvalue weighted by atomic mass is 79.9. The fourth-order valence-electron chi connectivity index (χ4n) is 1.69. The molecule has 2 rings (SSSR count). The Balaban J connectivity index is 2.23. The van der Waals surface area contributed by atoms with Crippen molar-refractivity contribution in [2.24, 2.45) is 0 Å². The molecule has 1 N–H and O–H groups in total. The number of ether oxygens (including phenoxy) is 1. The van der Waals surface area contributed by atoms with Crippen molar-refractivity contribution in [3.05, 3.63) is 51.1 Å². The van der Waals surface area contributed by atoms with Gasteiger partial charge in [-0.1, -0.05) is 27.5 Å². The number of rotatable bonds is 4. The van der Waals surface area contributed by atoms with Crippen LogP contribution in [-0.4, -0.2) is 12.0 Å². The zero-order valence-corrected chi connectivity index (χ0v) is 13.0. The molecule has 2 aromatic rings. The first-order chi connectivity index (χ1) is 9.10. The average molecular weight is 342 g/mol. The van der Waals surface area contributed by atoms with E-state index in [1.807, 2.05) is 32.2 Å². The number of nitrogens with one attached hydrogen (secondary N) is 1. The van der Waals surface area contributed by atoms with E-state index in [0.717, 1.165) is 22.1 Å². The van der Waals surface area contributed by atoms with Gasteiger partial charge in [0.15, 0.2) is 0 Å². The molecule has 0 spiro atoms. The van der Waals surface area contributed by atoms with Crippen molar-refractivity contribution in [3.8, 4) is 11.6 Å². The van der Waals surface area contributed by atoms with E-state index in [0.29, 0.717) is 16.7 Å². The molecule has 0 amide bonds. The van der Waals surface area contributed by atoms with Gasteiger partial charge in [0.1, 0.15) is 5.75 Å². The summed E-state index contributed by atoms with van der Waals surface area (Å²) in [4.78, 5) is 4.32. The molecule has 19 heavy (non-hydrogen) atoms. The van der Waals surface area contributed by atoms with E-state index in [1.54, 1.807) is 12.3 Å². The summed E-state index contributed by atoms with van der Waals surface area (Å²) in [7, 11) is 1.90. The topological polar surface area (TPSA) is 34.2 Å². The molecule has 3 nitrogen and oxygen atoms in total. The van der Waals surface area contributed by atoms with Crippen LogP contribution in [0.3, 0.4) is 0 Å². The van der Waals surface area contributed by atoms with Crippen LogP contribution in [0.1, 0.15) is 11.1 Å². The summed E-state index contributed by atoms with van der Waals surface area (Å²) < 4.78 is 6.66. The van der Waals surface area contributed by atoms with Crippen LogP contribution in [0, 0.1) is 6.92 Å². The van der Waals surface area contributed by atoms with E-state index >= 15 is 0 Å². The normalized spacial score (nSPS) is 10.5. The van der Waals surface area contributed by atoms with Gasteiger partial charge in [0, 0.05) is 22.8 Å². The largest absolute Gasteiger partial charge is 0.437 e. The number of nitrogens with zero attached hydrogens (tertiary/aromatic N) is 1. The van der Waals surface area contributed by atoms with Crippen molar-refractivity contribution < 1.29 is 4.74 Å². The summed E-state index contributed by atoms with van der Waals surface area (Å²) in [5.74, 6) is 1.17. The van der Waals surface area contributed by atoms with Gasteiger partial charge in [-0.25, -0.2) is 4.98 Å². The first-order valence-electron chi connectivity index (χ1n) is 5.83. The van der Waals surface area contributed by atoms with E-state index in [-0.39, 0.29) is 0 Å². The van der Waals surface area contributed by atoms with Crippen LogP contribution in [0.25, 0.3) is 0 Å². The maximum absolute atomic E-state index is 6.12. The molecule has 0 atom stereocenters. The highest BCUT2D eigenvalue weighted by Crippen LogP contribution is 2.32. The lowest BCUT2D eigenvalue weighted by atomic mass is 10.2. The predicted molar refractivity (Wildman–Crippen MR) is 81.0 cm³/mol. The number of hydrogen-bond donors (Lipinski definition) is 1. The van der Waals surface area contributed by atoms with Crippen molar-refractivity contribution >= 4 is 27.5 Å². The summed E-state index contributed by atoms with van der Waals surface area (Å²) in [6.45, 7) is 2.75. The molecule has 0 radical (unpaired) electrons. The molecule has 5 heteroatoms. The van der Waals surface area contributed by atoms with Crippen LogP contribution in [0.2, 0.25) is 5.02 Å². The zero-order valence-electron chi connectivity index (χ0n) is 10.7. The number of aryl methyl sites for hydroxylation is 1. The minimum absolute atomic E-state index is 0.551. The second-order valence-corrected chi connectivity index (χ2v) is 5.50. The molecular formula is C14H14BrClN2O. The standard InChI is InChI=1S/C14H14BrClN2O/c1-9-5-10(7-17-2)8-18-14(9)19-13-4-3-11(15)6-12(13)16/h3-6,8,17H,7H2,1-2H3. The molecule has 0 saturated carbocycles. The minimum Gasteiger partial charge on any atom is -0.437 e. The third-order valence-corrected chi connectivity index (χ3v) is 3.36. The molecule has 0 saturated heterocycles. The van der Waals surface area contributed by atoms with Crippen LogP contribution < -0.4 is 10.1 Å². The predicted octanol–water partition coefficient (Wildman–Crippen LogP) is 4.32. The first-order valence-corrected chi connectivity index (χ1v) is 7.00. The van der Waals surface area contributed by atoms with E-state index in [4.69, 9.17) is 16.3 Å². The minimum atomic E-state index is 0.551. The lowest BCUT2D eigenvalue weighted by molar-refractivity contribution is 0.458. The Hall–Kier alpha value is -1.10.